The molecule has 0 amide bonds. The summed E-state index contributed by atoms with van der Waals surface area (Å²) in [4.78, 5) is 0. The van der Waals surface area contributed by atoms with Crippen LogP contribution in [0.2, 0.25) is 0 Å². The van der Waals surface area contributed by atoms with Crippen molar-refractivity contribution in [3.8, 4) is 0 Å². The molecule has 0 radical (unpaired) electrons. The highest BCUT2D eigenvalue weighted by molar-refractivity contribution is 4.40. The van der Waals surface area contributed by atoms with E-state index in [2.05, 4.69) is 0 Å². The van der Waals surface area contributed by atoms with Crippen molar-refractivity contribution in [3.63, 3.8) is 0 Å². The molecule has 0 bridgehead atoms. The third kappa shape index (κ3) is 2.14. The quantitative estimate of drug-likeness (QED) is 0.248. The van der Waals surface area contributed by atoms with Crippen LogP contribution in [0.15, 0.2) is 0 Å². The number of hydrazine groups is 1. The van der Waals surface area contributed by atoms with Gasteiger partial charge in [0.15, 0.2) is 0 Å². The Bertz CT molecular complexity index is 27.0. The molecule has 0 aliphatic carbocycles. The van der Waals surface area contributed by atoms with Gasteiger partial charge < -0.3 is 5.73 Å². The van der Waals surface area contributed by atoms with Gasteiger partial charge in [0.05, 0.1) is 6.17 Å². The fourth-order valence-electron chi connectivity index (χ4n) is 0. The van der Waals surface area contributed by atoms with Crippen LogP contribution in [0.5, 0.6) is 0 Å². The van der Waals surface area contributed by atoms with E-state index in [1.807, 2.05) is 6.92 Å². The molecule has 0 aliphatic heterocycles. The van der Waals surface area contributed by atoms with E-state index in [-0.39, 0.29) is 6.17 Å². The van der Waals surface area contributed by atoms with E-state index in [0.29, 0.717) is 0 Å². The number of hydrogen-bond acceptors (Lipinski definition) is 3. The first kappa shape index (κ1) is 5.88. The van der Waals surface area contributed by atoms with E-state index in [4.69, 9.17) is 11.6 Å². The predicted molar refractivity (Wildman–Crippen MR) is 25.6 cm³/mol. The largest absolute Gasteiger partial charge is 0.315 e. The first-order valence-electron chi connectivity index (χ1n) is 1.87. The molecule has 0 saturated heterocycles. The molecule has 0 rings (SSSR count). The molecule has 0 unspecified atom stereocenters. The molecule has 0 aromatic rings. The second-order valence-corrected chi connectivity index (χ2v) is 1.41. The van der Waals surface area contributed by atoms with Crippen molar-refractivity contribution in [2.24, 2.45) is 11.6 Å². The number of nitrogens with zero attached hydrogens (tertiary/aromatic N) is 1. The summed E-state index contributed by atoms with van der Waals surface area (Å²) >= 11 is 0. The van der Waals surface area contributed by atoms with Crippen LogP contribution in [0, 0.1) is 0 Å². The topological polar surface area (TPSA) is 55.3 Å². The van der Waals surface area contributed by atoms with Gasteiger partial charge in [-0.25, -0.2) is 5.01 Å². The van der Waals surface area contributed by atoms with Gasteiger partial charge in [-0.3, -0.25) is 5.84 Å². The summed E-state index contributed by atoms with van der Waals surface area (Å²) in [6.45, 7) is 1.82. The van der Waals surface area contributed by atoms with E-state index in [0.717, 1.165) is 0 Å². The lowest BCUT2D eigenvalue weighted by atomic mass is 10.6. The van der Waals surface area contributed by atoms with Crippen LogP contribution < -0.4 is 11.6 Å². The van der Waals surface area contributed by atoms with E-state index in [1.165, 1.54) is 5.01 Å². The molecular formula is C3H11N3. The van der Waals surface area contributed by atoms with E-state index < -0.39 is 0 Å². The molecule has 0 fully saturated rings. The lowest BCUT2D eigenvalue weighted by Crippen LogP contribution is -2.41. The summed E-state index contributed by atoms with van der Waals surface area (Å²) in [7, 11) is 1.73. The van der Waals surface area contributed by atoms with Gasteiger partial charge in [-0.15, -0.1) is 0 Å². The Morgan fingerprint density at radius 3 is 1.83 bits per heavy atom. The van der Waals surface area contributed by atoms with Crippen LogP contribution in [-0.2, 0) is 0 Å². The summed E-state index contributed by atoms with van der Waals surface area (Å²) in [6.07, 6.45) is -0.0370. The van der Waals surface area contributed by atoms with Gasteiger partial charge in [-0.2, -0.15) is 0 Å². The second-order valence-electron chi connectivity index (χ2n) is 1.41. The van der Waals surface area contributed by atoms with Gasteiger partial charge in [-0.05, 0) is 6.92 Å². The number of rotatable bonds is 1. The summed E-state index contributed by atoms with van der Waals surface area (Å²) < 4.78 is 0. The molecule has 0 heterocycles. The first-order valence-corrected chi connectivity index (χ1v) is 1.87. The van der Waals surface area contributed by atoms with Crippen molar-refractivity contribution in [2.75, 3.05) is 7.05 Å². The highest BCUT2D eigenvalue weighted by Crippen LogP contribution is 1.70. The van der Waals surface area contributed by atoms with Crippen LogP contribution >= 0.6 is 0 Å². The second kappa shape index (κ2) is 2.12. The van der Waals surface area contributed by atoms with Gasteiger partial charge in [0.1, 0.15) is 0 Å². The highest BCUT2D eigenvalue weighted by atomic mass is 15.4. The Morgan fingerprint density at radius 1 is 1.67 bits per heavy atom. The third-order valence-corrected chi connectivity index (χ3v) is 0.642. The molecule has 0 spiro atoms. The molecule has 0 aromatic heterocycles. The molecular weight excluding hydrogens is 78.1 g/mol. The summed E-state index contributed by atoms with van der Waals surface area (Å²) in [5, 5.41) is 1.44. The maximum Gasteiger partial charge on any atom is 0.0673 e. The third-order valence-electron chi connectivity index (χ3n) is 0.642. The van der Waals surface area contributed by atoms with Crippen LogP contribution in [0.1, 0.15) is 6.92 Å². The van der Waals surface area contributed by atoms with Crippen molar-refractivity contribution in [1.82, 2.24) is 5.01 Å². The smallest absolute Gasteiger partial charge is 0.0673 e. The average molecular weight is 89.1 g/mol. The Hall–Kier alpha value is -0.120. The number of hydrogen-bond donors (Lipinski definition) is 2. The van der Waals surface area contributed by atoms with E-state index >= 15 is 0 Å². The molecule has 0 saturated carbocycles. The van der Waals surface area contributed by atoms with Crippen LogP contribution in [0.4, 0.5) is 0 Å². The predicted octanol–water partition coefficient (Wildman–Crippen LogP) is -0.903. The summed E-state index contributed by atoms with van der Waals surface area (Å²) in [6, 6.07) is 0. The molecule has 38 valence electrons. The van der Waals surface area contributed by atoms with Gasteiger partial charge in [0.2, 0.25) is 0 Å². The molecule has 1 atom stereocenters. The van der Waals surface area contributed by atoms with Gasteiger partial charge >= 0.3 is 0 Å². The molecule has 4 N–H and O–H groups in total. The first-order chi connectivity index (χ1) is 2.64. The van der Waals surface area contributed by atoms with Gasteiger partial charge in [-0.1, -0.05) is 0 Å². The standard InChI is InChI=1S/C3H11N3/c1-3(4)6(2)5/h3H,4-5H2,1-2H3/t3-/m0/s1. The highest BCUT2D eigenvalue weighted by Gasteiger charge is 1.91. The Labute approximate surface area is 37.9 Å². The van der Waals surface area contributed by atoms with Crippen molar-refractivity contribution in [1.29, 1.82) is 0 Å². The lowest BCUT2D eigenvalue weighted by molar-refractivity contribution is 0.272. The maximum absolute atomic E-state index is 5.24. The van der Waals surface area contributed by atoms with Crippen molar-refractivity contribution < 1.29 is 0 Å². The number of nitrogens with two attached hydrogens (primary N) is 2. The molecule has 6 heavy (non-hydrogen) atoms. The molecule has 3 heteroatoms. The minimum absolute atomic E-state index is 0.0370. The Morgan fingerprint density at radius 2 is 1.83 bits per heavy atom. The maximum atomic E-state index is 5.24. The van der Waals surface area contributed by atoms with Crippen molar-refractivity contribution in [3.05, 3.63) is 0 Å². The Balaban J connectivity index is 2.99. The minimum atomic E-state index is -0.0370. The van der Waals surface area contributed by atoms with E-state index in [1.54, 1.807) is 7.05 Å². The SMILES string of the molecule is C[C@@H](N)N(C)N. The monoisotopic (exact) mass is 89.1 g/mol. The van der Waals surface area contributed by atoms with Crippen molar-refractivity contribution >= 4 is 0 Å². The van der Waals surface area contributed by atoms with Crippen LogP contribution in [0.3, 0.4) is 0 Å². The summed E-state index contributed by atoms with van der Waals surface area (Å²) in [5.41, 5.74) is 5.24. The zero-order valence-corrected chi connectivity index (χ0v) is 4.18. The average Bonchev–Trinajstić information content (AvgIpc) is 1.36. The minimum Gasteiger partial charge on any atom is -0.315 e. The zero-order valence-electron chi connectivity index (χ0n) is 4.18. The molecule has 0 aromatic carbocycles. The van der Waals surface area contributed by atoms with Crippen LogP contribution in [0.25, 0.3) is 0 Å². The normalized spacial score (nSPS) is 15.5. The Kier molecular flexibility index (Phi) is 2.08. The lowest BCUT2D eigenvalue weighted by Gasteiger charge is -2.12. The summed E-state index contributed by atoms with van der Waals surface area (Å²) in [5.74, 6) is 5.14. The zero-order chi connectivity index (χ0) is 5.15. The fourth-order valence-corrected chi connectivity index (χ4v) is 0. The molecule has 0 aliphatic rings. The van der Waals surface area contributed by atoms with Crippen molar-refractivity contribution in [2.45, 2.75) is 13.1 Å². The van der Waals surface area contributed by atoms with Gasteiger partial charge in [0, 0.05) is 7.05 Å². The van der Waals surface area contributed by atoms with E-state index in [9.17, 15) is 0 Å². The molecule has 3 nitrogen and oxygen atoms in total. The van der Waals surface area contributed by atoms with Gasteiger partial charge in [0.25, 0.3) is 0 Å². The fraction of sp³-hybridized carbons (Fsp3) is 1.00. The van der Waals surface area contributed by atoms with Crippen LogP contribution in [-0.4, -0.2) is 18.2 Å².